The molecule has 2 fully saturated rings. The van der Waals surface area contributed by atoms with Crippen LogP contribution in [0, 0.1) is 29.6 Å². The number of nitrogens with one attached hydrogen (secondary N) is 10. The first-order chi connectivity index (χ1) is 48.1. The number of likely N-dealkylation sites (tertiary alicyclic amines) is 2. The standard InChI is InChI=1S/C30H44N6O8.C23H39N5O6.C14H28N4O3/c1-19(2)26(35-24(38)9-5-4-6-15-36-25(39)16-20(3)29(36)42)28(41)34-23(8-7-14-32-30(31)43)27(40)33-22-12-10-21(11-13-22)17-44-18-37;1-14(2)20(21(32)26-17(16(4)29)9-8-11-25-23(24)34)27-18(30)10-6-5-7-12-28-19(31)13-15(3)22(28)33;1-5-16-12(9(2)3)13(20)18-11(10(4)19)7-6-8-17-14(15)21/h10-13,18-20,23,26H,4-9,14-17H2,1-3H3,(H,33,40)(H,34,41)(H,35,38)(H3,31,32,43);14-15,17,20H,5-13H2,1-4H3,(H,26,32)(H,27,30)(H3,24,25,34);9,11-12,16H,5-8H2,1-4H3,(H,18,20)(H3,15,17,21)/t20?,23-,26?;15?,17-,20?;11-,12?/m000/s1/i18D;2*4D. The van der Waals surface area contributed by atoms with Crippen molar-refractivity contribution >= 4 is 101 Å². The summed E-state index contributed by atoms with van der Waals surface area (Å²) in [6.45, 7) is 17.4. The number of ether oxygens (including phenoxy) is 1. The van der Waals surface area contributed by atoms with Gasteiger partial charge in [-0.25, -0.2) is 14.4 Å². The van der Waals surface area contributed by atoms with Crippen molar-refractivity contribution < 1.29 is 85.6 Å². The van der Waals surface area contributed by atoms with E-state index in [1.807, 2.05) is 20.8 Å². The highest BCUT2D eigenvalue weighted by Crippen LogP contribution is 2.21. The van der Waals surface area contributed by atoms with E-state index in [2.05, 4.69) is 57.9 Å². The Hall–Kier alpha value is -9.10. The predicted octanol–water partition coefficient (Wildman–Crippen LogP) is 2.08. The highest BCUT2D eigenvalue weighted by Gasteiger charge is 2.37. The molecular weight excluding hydrogens is 1290 g/mol. The fraction of sp³-hybridized carbons (Fsp3) is 0.672. The fourth-order valence-electron chi connectivity index (χ4n) is 10.3. The van der Waals surface area contributed by atoms with Crippen LogP contribution in [0.4, 0.5) is 20.1 Å². The molecule has 32 heteroatoms. The van der Waals surface area contributed by atoms with E-state index in [1.165, 1.54) is 9.80 Å². The van der Waals surface area contributed by atoms with Gasteiger partial charge in [-0.05, 0) is 120 Å². The minimum Gasteiger partial charge on any atom is -0.463 e. The molecule has 2 aliphatic rings. The van der Waals surface area contributed by atoms with Crippen molar-refractivity contribution in [2.75, 3.05) is 44.6 Å². The van der Waals surface area contributed by atoms with Gasteiger partial charge in [-0.1, -0.05) is 87.3 Å². The van der Waals surface area contributed by atoms with Crippen molar-refractivity contribution in [3.05, 3.63) is 29.8 Å². The number of carbonyl (C=O) groups excluding carboxylic acids is 16. The lowest BCUT2D eigenvalue weighted by Gasteiger charge is -2.25. The van der Waals surface area contributed by atoms with Gasteiger partial charge in [-0.3, -0.25) is 72.1 Å². The van der Waals surface area contributed by atoms with E-state index in [-0.39, 0.29) is 148 Å². The highest BCUT2D eigenvalue weighted by atomic mass is 16.5. The van der Waals surface area contributed by atoms with Gasteiger partial charge in [0.1, 0.15) is 24.7 Å². The molecule has 0 saturated carbocycles. The van der Waals surface area contributed by atoms with E-state index < -0.39 is 85.2 Å². The van der Waals surface area contributed by atoms with Gasteiger partial charge in [0.25, 0.3) is 6.45 Å². The van der Waals surface area contributed by atoms with Gasteiger partial charge in [-0.15, -0.1) is 0 Å². The van der Waals surface area contributed by atoms with E-state index in [9.17, 15) is 76.7 Å². The van der Waals surface area contributed by atoms with Crippen LogP contribution in [0.2, 0.25) is 0 Å². The Labute approximate surface area is 585 Å². The molecule has 1 aromatic carbocycles. The molecule has 1 aromatic rings. The van der Waals surface area contributed by atoms with Crippen LogP contribution in [-0.4, -0.2) is 180 Å². The normalized spacial score (nSPS) is 16.3. The average molecular weight is 1400 g/mol. The van der Waals surface area contributed by atoms with Crippen LogP contribution in [0.15, 0.2) is 24.3 Å². The summed E-state index contributed by atoms with van der Waals surface area (Å²) in [5, 5.41) is 26.6. The molecule has 0 aromatic heterocycles. The van der Waals surface area contributed by atoms with Crippen LogP contribution in [0.1, 0.15) is 189 Å². The number of hydrogen-bond donors (Lipinski definition) is 13. The molecule has 8 atom stereocenters. The first-order valence-electron chi connectivity index (χ1n) is 35.7. The van der Waals surface area contributed by atoms with E-state index >= 15 is 0 Å². The minimum atomic E-state index is -1.16. The number of nitrogens with zero attached hydrogens (tertiary/aromatic N) is 2. The lowest BCUT2D eigenvalue weighted by Crippen LogP contribution is -2.54. The van der Waals surface area contributed by atoms with Crippen molar-refractivity contribution in [1.29, 1.82) is 0 Å². The Morgan fingerprint density at radius 2 is 0.909 bits per heavy atom. The van der Waals surface area contributed by atoms with Crippen molar-refractivity contribution in [1.82, 2.24) is 57.7 Å². The molecule has 0 aliphatic carbocycles. The molecule has 0 radical (unpaired) electrons. The Morgan fingerprint density at radius 3 is 1.24 bits per heavy atom. The Bertz CT molecular complexity index is 2960. The van der Waals surface area contributed by atoms with E-state index in [1.54, 1.807) is 65.8 Å². The van der Waals surface area contributed by atoms with Crippen LogP contribution in [-0.2, 0) is 73.7 Å². The maximum absolute atomic E-state index is 13.3. The second kappa shape index (κ2) is 47.8. The number of benzene rings is 1. The van der Waals surface area contributed by atoms with Crippen LogP contribution in [0.25, 0.3) is 0 Å². The molecule has 3 rings (SSSR count). The first-order valence-corrected chi connectivity index (χ1v) is 33.8. The first kappa shape index (κ1) is 82.3. The number of Topliss-reactive ketones (excluding diaryl/α,β-unsaturated/α-hetero) is 2. The minimum absolute atomic E-state index is 0.0863. The lowest BCUT2D eigenvalue weighted by molar-refractivity contribution is -0.140. The van der Waals surface area contributed by atoms with Crippen LogP contribution in [0.3, 0.4) is 0 Å². The number of urea groups is 3. The summed E-state index contributed by atoms with van der Waals surface area (Å²) in [5.74, 6) is -4.93. The largest absolute Gasteiger partial charge is 0.463 e. The summed E-state index contributed by atoms with van der Waals surface area (Å²) in [4.78, 5) is 194. The van der Waals surface area contributed by atoms with Gasteiger partial charge < -0.3 is 75.1 Å². The number of imide groups is 2. The predicted molar refractivity (Wildman–Crippen MR) is 367 cm³/mol. The fourth-order valence-corrected chi connectivity index (χ4v) is 10.3. The average Bonchev–Trinajstić information content (AvgIpc) is 1.66. The van der Waals surface area contributed by atoms with Gasteiger partial charge in [0, 0.05) is 78.7 Å². The van der Waals surface area contributed by atoms with Gasteiger partial charge in [-0.2, -0.15) is 0 Å². The molecule has 2 aliphatic heterocycles. The third kappa shape index (κ3) is 35.8. The number of rotatable bonds is 43. The zero-order chi connectivity index (χ0) is 77.2. The quantitative estimate of drug-likeness (QED) is 0.0253. The zero-order valence-corrected chi connectivity index (χ0v) is 58.9. The number of hydrogen-bond acceptors (Lipinski definition) is 18. The SMILES string of the molecule is [2H]C(=O)OCc1ccc(NC(=O)[C@H](CCCNC(N)=O)NC(=O)C(NC(=O)CCCCCN2C(=O)CC(C)C2=O)C(C)C)cc1.[2H]CC(=O)[C@H](CCCNC(N)=O)NC(=O)C(NC(=O)CCCCCN1C(=O)CC(C)C1=O)C(C)C.[2H]CC(=O)[C@H](CCCNC(N)=O)NC(=O)C(NCC)C(C)C. The van der Waals surface area contributed by atoms with Crippen molar-refractivity contribution in [3.63, 3.8) is 0 Å². The molecule has 0 spiro atoms. The molecule has 556 valence electrons. The van der Waals surface area contributed by atoms with Gasteiger partial charge >= 0.3 is 18.1 Å². The second-order valence-corrected chi connectivity index (χ2v) is 25.4. The number of primary amides is 3. The summed E-state index contributed by atoms with van der Waals surface area (Å²) in [6.07, 6.45) is 5.09. The zero-order valence-electron chi connectivity index (χ0n) is 61.9. The number of carbonyl (C=O) groups is 16. The number of amides is 16. The number of ketones is 2. The molecule has 2 saturated heterocycles. The second-order valence-electron chi connectivity index (χ2n) is 25.4. The maximum Gasteiger partial charge on any atom is 0.312 e. The lowest BCUT2D eigenvalue weighted by atomic mass is 10.0. The van der Waals surface area contributed by atoms with Crippen LogP contribution < -0.4 is 70.4 Å². The monoisotopic (exact) mass is 1400 g/mol. The number of likely N-dealkylation sites (N-methyl/N-ethyl adjacent to an activating group) is 1. The third-order valence-electron chi connectivity index (χ3n) is 15.9. The van der Waals surface area contributed by atoms with Gasteiger partial charge in [0.2, 0.25) is 59.1 Å². The number of anilines is 1. The van der Waals surface area contributed by atoms with E-state index in [0.717, 1.165) is 0 Å². The number of nitrogens with two attached hydrogens (primary N) is 3. The summed E-state index contributed by atoms with van der Waals surface area (Å²) in [6, 6.07) is -0.412. The maximum atomic E-state index is 13.3. The number of unbranched alkanes of at least 4 members (excludes halogenated alkanes) is 4. The molecule has 5 unspecified atom stereocenters. The molecule has 0 bridgehead atoms. The van der Waals surface area contributed by atoms with Crippen LogP contribution in [0.5, 0.6) is 0 Å². The summed E-state index contributed by atoms with van der Waals surface area (Å²) >= 11 is 0. The summed E-state index contributed by atoms with van der Waals surface area (Å²) in [7, 11) is 0. The molecule has 2 heterocycles. The topological polar surface area (TPSA) is 487 Å². The Morgan fingerprint density at radius 1 is 0.535 bits per heavy atom. The molecule has 99 heavy (non-hydrogen) atoms. The Balaban J connectivity index is 0.000000812. The highest BCUT2D eigenvalue weighted by molar-refractivity contribution is 6.04. The van der Waals surface area contributed by atoms with E-state index in [4.69, 9.17) is 21.3 Å². The van der Waals surface area contributed by atoms with Crippen molar-refractivity contribution in [3.8, 4) is 0 Å². The van der Waals surface area contributed by atoms with Gasteiger partial charge in [0.05, 0.1) is 18.1 Å². The summed E-state index contributed by atoms with van der Waals surface area (Å²) < 4.78 is 26.0. The molecular formula is C67H111N15O17. The van der Waals surface area contributed by atoms with Crippen molar-refractivity contribution in [2.45, 2.75) is 222 Å². The van der Waals surface area contributed by atoms with Crippen molar-refractivity contribution in [2.24, 2.45) is 46.8 Å². The third-order valence-corrected chi connectivity index (χ3v) is 15.9. The van der Waals surface area contributed by atoms with E-state index in [0.29, 0.717) is 102 Å². The van der Waals surface area contributed by atoms with Crippen LogP contribution >= 0.6 is 0 Å². The molecule has 16 N–H and O–H groups in total. The Kier molecular flexibility index (Phi) is 39.7. The molecule has 16 amide bonds. The smallest absolute Gasteiger partial charge is 0.312 e. The van der Waals surface area contributed by atoms with Gasteiger partial charge in [0.15, 0.2) is 12.9 Å². The molecule has 32 nitrogen and oxygen atoms in total. The summed E-state index contributed by atoms with van der Waals surface area (Å²) in [5.41, 5.74) is 16.1.